The fourth-order valence-electron chi connectivity index (χ4n) is 4.05. The van der Waals surface area contributed by atoms with E-state index in [1.165, 1.54) is 22.5 Å². The zero-order valence-corrected chi connectivity index (χ0v) is 16.0. The molecule has 0 atom stereocenters. The highest BCUT2D eigenvalue weighted by Crippen LogP contribution is 2.31. The Bertz CT molecular complexity index is 1040. The van der Waals surface area contributed by atoms with Crippen LogP contribution in [-0.2, 0) is 10.0 Å². The van der Waals surface area contributed by atoms with Gasteiger partial charge in [0, 0.05) is 35.3 Å². The van der Waals surface area contributed by atoms with Gasteiger partial charge >= 0.3 is 0 Å². The van der Waals surface area contributed by atoms with Crippen LogP contribution >= 0.6 is 0 Å². The average molecular weight is 383 g/mol. The fraction of sp³-hybridized carbons (Fsp3) is 0.333. The smallest absolute Gasteiger partial charge is 0.243 e. The topological polar surface area (TPSA) is 71.5 Å². The number of benzene rings is 2. The summed E-state index contributed by atoms with van der Waals surface area (Å²) >= 11 is 0. The lowest BCUT2D eigenvalue weighted by atomic mass is 9.84. The van der Waals surface area contributed by atoms with E-state index in [9.17, 15) is 18.0 Å². The molecule has 0 radical (unpaired) electrons. The summed E-state index contributed by atoms with van der Waals surface area (Å²) in [5, 5.41) is 0. The Morgan fingerprint density at radius 2 is 1.37 bits per heavy atom. The molecule has 0 heterocycles. The molecule has 140 valence electrons. The minimum Gasteiger partial charge on any atom is -0.289 e. The van der Waals surface area contributed by atoms with Crippen LogP contribution in [0.25, 0.3) is 0 Å². The van der Waals surface area contributed by atoms with E-state index in [4.69, 9.17) is 0 Å². The lowest BCUT2D eigenvalue weighted by molar-refractivity contribution is 0.0979. The van der Waals surface area contributed by atoms with Crippen molar-refractivity contribution in [2.45, 2.75) is 43.0 Å². The summed E-state index contributed by atoms with van der Waals surface area (Å²) in [6.07, 6.45) is 4.90. The van der Waals surface area contributed by atoms with Crippen LogP contribution in [0.4, 0.5) is 0 Å². The van der Waals surface area contributed by atoms with E-state index in [0.717, 1.165) is 32.1 Å². The first-order valence-electron chi connectivity index (χ1n) is 9.22. The van der Waals surface area contributed by atoms with Crippen LogP contribution in [-0.4, -0.2) is 37.4 Å². The molecular formula is C21H21NO4S. The summed E-state index contributed by atoms with van der Waals surface area (Å²) in [5.74, 6) is -0.553. The van der Waals surface area contributed by atoms with Gasteiger partial charge in [0.05, 0.1) is 4.90 Å². The van der Waals surface area contributed by atoms with E-state index in [1.807, 2.05) is 0 Å². The van der Waals surface area contributed by atoms with Crippen LogP contribution in [0.3, 0.4) is 0 Å². The van der Waals surface area contributed by atoms with Crippen LogP contribution < -0.4 is 0 Å². The molecule has 2 aliphatic rings. The molecule has 4 rings (SSSR count). The maximum absolute atomic E-state index is 13.1. The van der Waals surface area contributed by atoms with Crippen LogP contribution in [0.15, 0.2) is 47.4 Å². The van der Waals surface area contributed by atoms with Crippen molar-refractivity contribution in [3.05, 3.63) is 64.7 Å². The molecule has 6 heteroatoms. The highest BCUT2D eigenvalue weighted by molar-refractivity contribution is 7.89. The second-order valence-corrected chi connectivity index (χ2v) is 9.22. The zero-order valence-electron chi connectivity index (χ0n) is 15.1. The molecule has 0 N–H and O–H groups in total. The summed E-state index contributed by atoms with van der Waals surface area (Å²) in [6.45, 7) is 0. The lowest BCUT2D eigenvalue weighted by Crippen LogP contribution is -2.38. The summed E-state index contributed by atoms with van der Waals surface area (Å²) in [4.78, 5) is 25.6. The van der Waals surface area contributed by atoms with Gasteiger partial charge in [-0.3, -0.25) is 9.59 Å². The Morgan fingerprint density at radius 3 is 2.00 bits per heavy atom. The van der Waals surface area contributed by atoms with Crippen LogP contribution in [0, 0.1) is 0 Å². The first-order chi connectivity index (χ1) is 12.9. The summed E-state index contributed by atoms with van der Waals surface area (Å²) in [5.41, 5.74) is 1.12. The number of carbonyl (C=O) groups excluding carboxylic acids is 2. The maximum Gasteiger partial charge on any atom is 0.243 e. The Labute approximate surface area is 159 Å². The molecule has 2 aromatic carbocycles. The molecule has 2 aromatic rings. The summed E-state index contributed by atoms with van der Waals surface area (Å²) in [6, 6.07) is 10.9. The third-order valence-electron chi connectivity index (χ3n) is 5.66. The fourth-order valence-corrected chi connectivity index (χ4v) is 5.49. The Morgan fingerprint density at radius 1 is 0.815 bits per heavy atom. The molecule has 0 saturated heterocycles. The van der Waals surface area contributed by atoms with E-state index in [1.54, 1.807) is 31.3 Å². The molecular weight excluding hydrogens is 362 g/mol. The highest BCUT2D eigenvalue weighted by Gasteiger charge is 2.33. The van der Waals surface area contributed by atoms with E-state index in [-0.39, 0.29) is 33.6 Å². The van der Waals surface area contributed by atoms with Crippen LogP contribution in [0.1, 0.15) is 63.9 Å². The predicted molar refractivity (Wildman–Crippen MR) is 102 cm³/mol. The van der Waals surface area contributed by atoms with Gasteiger partial charge in [-0.25, -0.2) is 8.42 Å². The Kier molecular flexibility index (Phi) is 4.48. The van der Waals surface area contributed by atoms with E-state index >= 15 is 0 Å². The van der Waals surface area contributed by atoms with Crippen molar-refractivity contribution in [2.24, 2.45) is 0 Å². The van der Waals surface area contributed by atoms with Gasteiger partial charge in [0.2, 0.25) is 10.0 Å². The largest absolute Gasteiger partial charge is 0.289 e. The molecule has 27 heavy (non-hydrogen) atoms. The quantitative estimate of drug-likeness (QED) is 0.695. The van der Waals surface area contributed by atoms with Gasteiger partial charge in [0.15, 0.2) is 11.6 Å². The van der Waals surface area contributed by atoms with Crippen molar-refractivity contribution in [3.63, 3.8) is 0 Å². The highest BCUT2D eigenvalue weighted by atomic mass is 32.2. The van der Waals surface area contributed by atoms with Gasteiger partial charge in [0.1, 0.15) is 0 Å². The Hall–Kier alpha value is -2.31. The summed E-state index contributed by atoms with van der Waals surface area (Å²) in [7, 11) is -2.12. The third-order valence-corrected chi connectivity index (χ3v) is 7.57. The number of hydrogen-bond donors (Lipinski definition) is 0. The van der Waals surface area contributed by atoms with Gasteiger partial charge in [-0.15, -0.1) is 0 Å². The van der Waals surface area contributed by atoms with Gasteiger partial charge in [0.25, 0.3) is 0 Å². The number of carbonyl (C=O) groups is 2. The number of sulfonamides is 1. The minimum atomic E-state index is -3.72. The normalized spacial score (nSPS) is 17.7. The van der Waals surface area contributed by atoms with Gasteiger partial charge in [-0.05, 0) is 31.0 Å². The number of hydrogen-bond acceptors (Lipinski definition) is 4. The second kappa shape index (κ2) is 6.69. The monoisotopic (exact) mass is 383 g/mol. The molecule has 5 nitrogen and oxygen atoms in total. The van der Waals surface area contributed by atoms with Crippen molar-refractivity contribution in [1.82, 2.24) is 4.31 Å². The first kappa shape index (κ1) is 18.1. The molecule has 0 unspecified atom stereocenters. The van der Waals surface area contributed by atoms with Gasteiger partial charge < -0.3 is 0 Å². The number of rotatable bonds is 3. The van der Waals surface area contributed by atoms with Crippen molar-refractivity contribution < 1.29 is 18.0 Å². The van der Waals surface area contributed by atoms with E-state index < -0.39 is 10.0 Å². The molecule has 1 saturated carbocycles. The third kappa shape index (κ3) is 2.93. The van der Waals surface area contributed by atoms with Crippen LogP contribution in [0.5, 0.6) is 0 Å². The molecule has 0 aliphatic heterocycles. The molecule has 0 aromatic heterocycles. The second-order valence-electron chi connectivity index (χ2n) is 7.22. The Balaban J connectivity index is 1.74. The zero-order chi connectivity index (χ0) is 19.2. The molecule has 1 fully saturated rings. The first-order valence-corrected chi connectivity index (χ1v) is 10.7. The lowest BCUT2D eigenvalue weighted by Gasteiger charge is -2.30. The average Bonchev–Trinajstić information content (AvgIpc) is 2.71. The predicted octanol–water partition coefficient (Wildman–Crippen LogP) is 3.42. The van der Waals surface area contributed by atoms with E-state index in [0.29, 0.717) is 11.1 Å². The maximum atomic E-state index is 13.1. The molecule has 0 bridgehead atoms. The number of nitrogens with zero attached hydrogens (tertiary/aromatic N) is 1. The van der Waals surface area contributed by atoms with Crippen molar-refractivity contribution in [1.29, 1.82) is 0 Å². The SMILES string of the molecule is CN(C1CCCCC1)S(=O)(=O)c1ccc2c(c1)C(=O)c1ccccc1C2=O. The van der Waals surface area contributed by atoms with E-state index in [2.05, 4.69) is 0 Å². The molecule has 0 spiro atoms. The number of fused-ring (bicyclic) bond motifs is 2. The van der Waals surface area contributed by atoms with Crippen molar-refractivity contribution in [2.75, 3.05) is 7.05 Å². The van der Waals surface area contributed by atoms with Crippen molar-refractivity contribution >= 4 is 21.6 Å². The van der Waals surface area contributed by atoms with Gasteiger partial charge in [-0.2, -0.15) is 4.31 Å². The minimum absolute atomic E-state index is 0.0159. The standard InChI is InChI=1S/C21H21NO4S/c1-22(14-7-3-2-4-8-14)27(25,26)15-11-12-18-19(13-15)21(24)17-10-6-5-9-16(17)20(18)23/h5-6,9-14H,2-4,7-8H2,1H3. The van der Waals surface area contributed by atoms with Crippen LogP contribution in [0.2, 0.25) is 0 Å². The van der Waals surface area contributed by atoms with Crippen molar-refractivity contribution in [3.8, 4) is 0 Å². The van der Waals surface area contributed by atoms with Gasteiger partial charge in [-0.1, -0.05) is 43.5 Å². The molecule has 2 aliphatic carbocycles. The number of ketones is 2. The molecule has 0 amide bonds. The summed E-state index contributed by atoms with van der Waals surface area (Å²) < 4.78 is 27.6.